The molecule has 0 fully saturated rings. The van der Waals surface area contributed by atoms with Crippen LogP contribution in [0, 0.1) is 0 Å². The van der Waals surface area contributed by atoms with E-state index in [-0.39, 0.29) is 18.4 Å². The van der Waals surface area contributed by atoms with Crippen molar-refractivity contribution in [3.8, 4) is 5.75 Å². The van der Waals surface area contributed by atoms with Crippen LogP contribution in [-0.4, -0.2) is 18.4 Å². The van der Waals surface area contributed by atoms with Crippen LogP contribution in [0.4, 0.5) is 11.4 Å². The van der Waals surface area contributed by atoms with Crippen LogP contribution in [0.5, 0.6) is 5.75 Å². The zero-order valence-electron chi connectivity index (χ0n) is 9.58. The van der Waals surface area contributed by atoms with Gasteiger partial charge in [0.15, 0.2) is 6.61 Å². The predicted molar refractivity (Wildman–Crippen MR) is 64.1 cm³/mol. The molecule has 5 nitrogen and oxygen atoms in total. The van der Waals surface area contributed by atoms with E-state index in [0.717, 1.165) is 6.42 Å². The van der Waals surface area contributed by atoms with Crippen LogP contribution in [-0.2, 0) is 9.59 Å². The van der Waals surface area contributed by atoms with Gasteiger partial charge in [0, 0.05) is 18.2 Å². The number of rotatable bonds is 3. The summed E-state index contributed by atoms with van der Waals surface area (Å²) in [5, 5.41) is 5.46. The zero-order chi connectivity index (χ0) is 12.3. The van der Waals surface area contributed by atoms with E-state index in [0.29, 0.717) is 23.5 Å². The molecule has 0 unspecified atom stereocenters. The quantitative estimate of drug-likeness (QED) is 0.837. The summed E-state index contributed by atoms with van der Waals surface area (Å²) < 4.78 is 5.25. The second-order valence-electron chi connectivity index (χ2n) is 3.85. The van der Waals surface area contributed by atoms with Gasteiger partial charge in [-0.25, -0.2) is 0 Å². The highest BCUT2D eigenvalue weighted by molar-refractivity contribution is 5.97. The molecular weight excluding hydrogens is 220 g/mol. The number of hydrogen-bond acceptors (Lipinski definition) is 3. The summed E-state index contributed by atoms with van der Waals surface area (Å²) in [6.07, 6.45) is 1.30. The Hall–Kier alpha value is -2.04. The van der Waals surface area contributed by atoms with Gasteiger partial charge in [0.2, 0.25) is 5.91 Å². The first-order valence-electron chi connectivity index (χ1n) is 5.55. The van der Waals surface area contributed by atoms with E-state index in [2.05, 4.69) is 10.6 Å². The highest BCUT2D eigenvalue weighted by Crippen LogP contribution is 2.30. The Morgan fingerprint density at radius 3 is 3.12 bits per heavy atom. The standard InChI is InChI=1S/C12H14N2O3/c1-2-3-11(15)13-8-4-5-9-10(6-8)17-7-12(16)14-9/h4-6H,2-3,7H2,1H3,(H,13,15)(H,14,16). The number of carbonyl (C=O) groups is 2. The number of fused-ring (bicyclic) bond motifs is 1. The molecule has 0 aromatic heterocycles. The van der Waals surface area contributed by atoms with Crippen molar-refractivity contribution in [1.82, 2.24) is 0 Å². The van der Waals surface area contributed by atoms with Crippen LogP contribution in [0.15, 0.2) is 18.2 Å². The van der Waals surface area contributed by atoms with E-state index in [1.807, 2.05) is 6.92 Å². The minimum Gasteiger partial charge on any atom is -0.482 e. The number of nitrogens with one attached hydrogen (secondary N) is 2. The smallest absolute Gasteiger partial charge is 0.262 e. The van der Waals surface area contributed by atoms with Crippen LogP contribution >= 0.6 is 0 Å². The number of benzene rings is 1. The first kappa shape index (κ1) is 11.4. The maximum atomic E-state index is 11.4. The van der Waals surface area contributed by atoms with E-state index in [1.54, 1.807) is 18.2 Å². The molecule has 1 aliphatic heterocycles. The third kappa shape index (κ3) is 2.75. The normalized spacial score (nSPS) is 13.4. The van der Waals surface area contributed by atoms with E-state index >= 15 is 0 Å². The van der Waals surface area contributed by atoms with Gasteiger partial charge in [0.1, 0.15) is 5.75 Å². The molecule has 0 aliphatic carbocycles. The Labute approximate surface area is 99.2 Å². The number of amides is 2. The monoisotopic (exact) mass is 234 g/mol. The van der Waals surface area contributed by atoms with Crippen LogP contribution < -0.4 is 15.4 Å². The summed E-state index contributed by atoms with van der Waals surface area (Å²) in [6, 6.07) is 5.16. The third-order valence-corrected chi connectivity index (χ3v) is 2.38. The molecule has 0 saturated carbocycles. The van der Waals surface area contributed by atoms with Crippen molar-refractivity contribution < 1.29 is 14.3 Å². The van der Waals surface area contributed by atoms with Crippen LogP contribution in [0.1, 0.15) is 19.8 Å². The molecule has 1 heterocycles. The Morgan fingerprint density at radius 2 is 2.35 bits per heavy atom. The van der Waals surface area contributed by atoms with Crippen molar-refractivity contribution in [1.29, 1.82) is 0 Å². The fourth-order valence-electron chi connectivity index (χ4n) is 1.60. The fraction of sp³-hybridized carbons (Fsp3) is 0.333. The van der Waals surface area contributed by atoms with Gasteiger partial charge in [-0.1, -0.05) is 6.92 Å². The van der Waals surface area contributed by atoms with Crippen molar-refractivity contribution in [2.75, 3.05) is 17.2 Å². The van der Waals surface area contributed by atoms with Crippen molar-refractivity contribution >= 4 is 23.2 Å². The minimum absolute atomic E-state index is 0.0133. The molecule has 0 saturated heterocycles. The van der Waals surface area contributed by atoms with Gasteiger partial charge in [-0.3, -0.25) is 9.59 Å². The predicted octanol–water partition coefficient (Wildman–Crippen LogP) is 1.76. The summed E-state index contributed by atoms with van der Waals surface area (Å²) in [6.45, 7) is 1.96. The lowest BCUT2D eigenvalue weighted by Crippen LogP contribution is -2.25. The average Bonchev–Trinajstić information content (AvgIpc) is 2.29. The van der Waals surface area contributed by atoms with Crippen LogP contribution in [0.3, 0.4) is 0 Å². The average molecular weight is 234 g/mol. The lowest BCUT2D eigenvalue weighted by Gasteiger charge is -2.18. The molecule has 1 aromatic carbocycles. The Kier molecular flexibility index (Phi) is 3.27. The summed E-state index contributed by atoms with van der Waals surface area (Å²) in [7, 11) is 0. The molecular formula is C12H14N2O3. The molecule has 90 valence electrons. The Bertz CT molecular complexity index is 457. The van der Waals surface area contributed by atoms with Crippen molar-refractivity contribution in [3.63, 3.8) is 0 Å². The topological polar surface area (TPSA) is 67.4 Å². The minimum atomic E-state index is -0.166. The SMILES string of the molecule is CCCC(=O)Nc1ccc2c(c1)OCC(=O)N2. The second kappa shape index (κ2) is 4.86. The largest absolute Gasteiger partial charge is 0.482 e. The first-order chi connectivity index (χ1) is 8.19. The molecule has 0 bridgehead atoms. The van der Waals surface area contributed by atoms with E-state index in [4.69, 9.17) is 4.74 Å². The Morgan fingerprint density at radius 1 is 1.53 bits per heavy atom. The van der Waals surface area contributed by atoms with Gasteiger partial charge in [0.25, 0.3) is 5.91 Å². The van der Waals surface area contributed by atoms with E-state index in [9.17, 15) is 9.59 Å². The third-order valence-electron chi connectivity index (χ3n) is 2.38. The van der Waals surface area contributed by atoms with Gasteiger partial charge < -0.3 is 15.4 Å². The lowest BCUT2D eigenvalue weighted by atomic mass is 10.2. The maximum Gasteiger partial charge on any atom is 0.262 e. The highest BCUT2D eigenvalue weighted by atomic mass is 16.5. The number of ether oxygens (including phenoxy) is 1. The number of hydrogen-bond donors (Lipinski definition) is 2. The number of anilines is 2. The molecule has 2 N–H and O–H groups in total. The number of carbonyl (C=O) groups excluding carboxylic acids is 2. The molecule has 2 rings (SSSR count). The molecule has 2 amide bonds. The highest BCUT2D eigenvalue weighted by Gasteiger charge is 2.16. The van der Waals surface area contributed by atoms with Gasteiger partial charge >= 0.3 is 0 Å². The van der Waals surface area contributed by atoms with Gasteiger partial charge in [-0.2, -0.15) is 0 Å². The van der Waals surface area contributed by atoms with Crippen LogP contribution in [0.25, 0.3) is 0 Å². The fourth-order valence-corrected chi connectivity index (χ4v) is 1.60. The molecule has 0 spiro atoms. The first-order valence-corrected chi connectivity index (χ1v) is 5.55. The molecule has 1 aliphatic rings. The lowest BCUT2D eigenvalue weighted by molar-refractivity contribution is -0.118. The van der Waals surface area contributed by atoms with Crippen molar-refractivity contribution in [3.05, 3.63) is 18.2 Å². The second-order valence-corrected chi connectivity index (χ2v) is 3.85. The summed E-state index contributed by atoms with van der Waals surface area (Å²) in [5.74, 6) is 0.395. The molecule has 17 heavy (non-hydrogen) atoms. The van der Waals surface area contributed by atoms with Gasteiger partial charge in [-0.15, -0.1) is 0 Å². The zero-order valence-corrected chi connectivity index (χ0v) is 9.58. The molecule has 0 radical (unpaired) electrons. The van der Waals surface area contributed by atoms with Crippen LogP contribution in [0.2, 0.25) is 0 Å². The van der Waals surface area contributed by atoms with E-state index < -0.39 is 0 Å². The van der Waals surface area contributed by atoms with Crippen molar-refractivity contribution in [2.45, 2.75) is 19.8 Å². The maximum absolute atomic E-state index is 11.4. The van der Waals surface area contributed by atoms with Crippen molar-refractivity contribution in [2.24, 2.45) is 0 Å². The molecule has 1 aromatic rings. The van der Waals surface area contributed by atoms with E-state index in [1.165, 1.54) is 0 Å². The molecule has 5 heteroatoms. The molecule has 0 atom stereocenters. The summed E-state index contributed by atoms with van der Waals surface area (Å²) >= 11 is 0. The summed E-state index contributed by atoms with van der Waals surface area (Å²) in [5.41, 5.74) is 1.31. The van der Waals surface area contributed by atoms with Gasteiger partial charge in [0.05, 0.1) is 5.69 Å². The van der Waals surface area contributed by atoms with Gasteiger partial charge in [-0.05, 0) is 18.6 Å². The Balaban J connectivity index is 2.11. The summed E-state index contributed by atoms with van der Waals surface area (Å²) in [4.78, 5) is 22.5.